The molecule has 0 radical (unpaired) electrons. The number of furan rings is 1. The molecule has 2 aromatic rings. The Hall–Kier alpha value is -2.04. The monoisotopic (exact) mass is 452 g/mol. The van der Waals surface area contributed by atoms with E-state index in [4.69, 9.17) is 13.9 Å². The van der Waals surface area contributed by atoms with Crippen molar-refractivity contribution in [1.82, 2.24) is 5.32 Å². The molecule has 30 heavy (non-hydrogen) atoms. The third kappa shape index (κ3) is 4.50. The molecule has 1 saturated heterocycles. The second-order valence-corrected chi connectivity index (χ2v) is 7.09. The molecule has 6 nitrogen and oxygen atoms in total. The lowest BCUT2D eigenvalue weighted by Gasteiger charge is -2.31. The van der Waals surface area contributed by atoms with Crippen molar-refractivity contribution in [2.45, 2.75) is 24.8 Å². The maximum Gasteiger partial charge on any atom is 0.416 e. The smallest absolute Gasteiger partial charge is 0.416 e. The van der Waals surface area contributed by atoms with Crippen LogP contribution in [0.15, 0.2) is 22.6 Å². The molecule has 1 fully saturated rings. The van der Waals surface area contributed by atoms with Crippen LogP contribution in [0.5, 0.6) is 0 Å². The van der Waals surface area contributed by atoms with Gasteiger partial charge in [0.2, 0.25) is 5.76 Å². The molecule has 2 atom stereocenters. The summed E-state index contributed by atoms with van der Waals surface area (Å²) in [5.41, 5.74) is -0.271. The predicted octanol–water partition coefficient (Wildman–Crippen LogP) is 3.57. The van der Waals surface area contributed by atoms with Gasteiger partial charge >= 0.3 is 6.18 Å². The normalized spacial score (nSPS) is 22.3. The van der Waals surface area contributed by atoms with Crippen LogP contribution in [0.1, 0.15) is 22.5 Å². The van der Waals surface area contributed by atoms with Crippen molar-refractivity contribution in [3.05, 3.63) is 29.5 Å². The lowest BCUT2D eigenvalue weighted by molar-refractivity contribution is -0.143. The van der Waals surface area contributed by atoms with Gasteiger partial charge in [0.15, 0.2) is 0 Å². The van der Waals surface area contributed by atoms with Gasteiger partial charge in [0.1, 0.15) is 18.4 Å². The van der Waals surface area contributed by atoms with Crippen molar-refractivity contribution in [3.63, 3.8) is 0 Å². The number of fused-ring (bicyclic) bond motifs is 3. The fraction of sp³-hybridized carbons (Fsp3) is 0.526. The fourth-order valence-corrected chi connectivity index (χ4v) is 3.66. The first kappa shape index (κ1) is 22.6. The standard InChI is InChI=1S/C19H20F4N2O4.ClH/c20-8-13-10-27-9-12(28-13)3-5-25-6-4-24-18(26)17-16(25)14-7-11(19(21,22)23)1-2-15(14)29-17;/h1-2,7,12-13H,3-6,8-10H2,(H,24,26);1H. The summed E-state index contributed by atoms with van der Waals surface area (Å²) in [6, 6.07) is 3.16. The van der Waals surface area contributed by atoms with Gasteiger partial charge in [0.25, 0.3) is 5.91 Å². The number of carbonyl (C=O) groups excluding carboxylic acids is 1. The van der Waals surface area contributed by atoms with Crippen LogP contribution in [0.2, 0.25) is 0 Å². The van der Waals surface area contributed by atoms with Crippen LogP contribution in [-0.4, -0.2) is 57.6 Å². The van der Waals surface area contributed by atoms with Gasteiger partial charge in [-0.3, -0.25) is 4.79 Å². The molecule has 2 unspecified atom stereocenters. The Labute approximate surface area is 175 Å². The number of amides is 1. The molecule has 0 bridgehead atoms. The van der Waals surface area contributed by atoms with Gasteiger partial charge in [-0.15, -0.1) is 12.4 Å². The maximum absolute atomic E-state index is 13.2. The Morgan fingerprint density at radius 1 is 1.20 bits per heavy atom. The van der Waals surface area contributed by atoms with Crippen LogP contribution in [0.3, 0.4) is 0 Å². The molecule has 0 spiro atoms. The Morgan fingerprint density at radius 3 is 2.70 bits per heavy atom. The Bertz CT molecular complexity index is 905. The van der Waals surface area contributed by atoms with Crippen molar-refractivity contribution in [2.75, 3.05) is 44.4 Å². The molecular weight excluding hydrogens is 432 g/mol. The molecule has 0 saturated carbocycles. The summed E-state index contributed by atoms with van der Waals surface area (Å²) in [5.74, 6) is -0.485. The summed E-state index contributed by atoms with van der Waals surface area (Å²) in [7, 11) is 0. The summed E-state index contributed by atoms with van der Waals surface area (Å²) in [5, 5.41) is 2.92. The minimum Gasteiger partial charge on any atom is -0.449 e. The average molecular weight is 453 g/mol. The maximum atomic E-state index is 13.2. The van der Waals surface area contributed by atoms with E-state index in [1.54, 1.807) is 0 Å². The number of ether oxygens (including phenoxy) is 2. The second-order valence-electron chi connectivity index (χ2n) is 7.09. The first-order valence-corrected chi connectivity index (χ1v) is 9.33. The molecule has 4 rings (SSSR count). The minimum atomic E-state index is -4.51. The third-order valence-electron chi connectivity index (χ3n) is 5.06. The zero-order valence-electron chi connectivity index (χ0n) is 15.8. The summed E-state index contributed by atoms with van der Waals surface area (Å²) in [6.07, 6.45) is -4.98. The van der Waals surface area contributed by atoms with Crippen LogP contribution in [0, 0.1) is 0 Å². The Balaban J connectivity index is 0.00000256. The van der Waals surface area contributed by atoms with Crippen molar-refractivity contribution >= 4 is 35.0 Å². The highest BCUT2D eigenvalue weighted by atomic mass is 35.5. The van der Waals surface area contributed by atoms with Gasteiger partial charge in [-0.05, 0) is 24.6 Å². The Morgan fingerprint density at radius 2 is 1.97 bits per heavy atom. The predicted molar refractivity (Wildman–Crippen MR) is 103 cm³/mol. The third-order valence-corrected chi connectivity index (χ3v) is 5.06. The van der Waals surface area contributed by atoms with E-state index in [1.165, 1.54) is 6.07 Å². The molecule has 3 heterocycles. The number of carbonyl (C=O) groups is 1. The van der Waals surface area contributed by atoms with Gasteiger partial charge in [0, 0.05) is 25.0 Å². The fourth-order valence-electron chi connectivity index (χ4n) is 3.66. The van der Waals surface area contributed by atoms with Gasteiger partial charge in [0.05, 0.1) is 30.6 Å². The minimum absolute atomic E-state index is 0. The van der Waals surface area contributed by atoms with Crippen LogP contribution in [0.4, 0.5) is 23.2 Å². The van der Waals surface area contributed by atoms with Crippen molar-refractivity contribution in [2.24, 2.45) is 0 Å². The number of hydrogen-bond donors (Lipinski definition) is 1. The summed E-state index contributed by atoms with van der Waals surface area (Å²) in [6.45, 7) is 0.974. The highest BCUT2D eigenvalue weighted by Crippen LogP contribution is 2.39. The zero-order valence-corrected chi connectivity index (χ0v) is 16.7. The lowest BCUT2D eigenvalue weighted by Crippen LogP contribution is -2.40. The molecule has 1 aromatic carbocycles. The first-order chi connectivity index (χ1) is 13.9. The number of anilines is 1. The van der Waals surface area contributed by atoms with Gasteiger partial charge in [-0.1, -0.05) is 0 Å². The number of hydrogen-bond acceptors (Lipinski definition) is 5. The molecule has 1 amide bonds. The lowest BCUT2D eigenvalue weighted by atomic mass is 10.1. The number of nitrogens with zero attached hydrogens (tertiary/aromatic N) is 1. The largest absolute Gasteiger partial charge is 0.449 e. The van der Waals surface area contributed by atoms with E-state index in [1.807, 2.05) is 4.90 Å². The van der Waals surface area contributed by atoms with Crippen LogP contribution < -0.4 is 10.2 Å². The summed E-state index contributed by atoms with van der Waals surface area (Å²) < 4.78 is 68.9. The van der Waals surface area contributed by atoms with Crippen LogP contribution in [0.25, 0.3) is 11.0 Å². The van der Waals surface area contributed by atoms with Crippen molar-refractivity contribution in [3.8, 4) is 0 Å². The van der Waals surface area contributed by atoms with E-state index in [0.717, 1.165) is 12.1 Å². The number of benzene rings is 1. The highest BCUT2D eigenvalue weighted by Gasteiger charge is 2.34. The van der Waals surface area contributed by atoms with Crippen LogP contribution in [-0.2, 0) is 15.7 Å². The number of alkyl halides is 4. The van der Waals surface area contributed by atoms with E-state index in [0.29, 0.717) is 38.3 Å². The second kappa shape index (κ2) is 8.99. The molecule has 0 aliphatic carbocycles. The number of halogens is 5. The van der Waals surface area contributed by atoms with E-state index in [-0.39, 0.29) is 41.8 Å². The molecule has 166 valence electrons. The average Bonchev–Trinajstić information content (AvgIpc) is 3.01. The van der Waals surface area contributed by atoms with Crippen molar-refractivity contribution in [1.29, 1.82) is 0 Å². The first-order valence-electron chi connectivity index (χ1n) is 9.33. The molecule has 2 aliphatic heterocycles. The SMILES string of the molecule is Cl.O=C1NCCN(CCC2COCC(CF)O2)c2c1oc1ccc(C(F)(F)F)cc21. The number of rotatable bonds is 4. The van der Waals surface area contributed by atoms with Gasteiger partial charge in [-0.25, -0.2) is 4.39 Å². The quantitative estimate of drug-likeness (QED) is 0.719. The zero-order chi connectivity index (χ0) is 20.6. The van der Waals surface area contributed by atoms with E-state index in [9.17, 15) is 22.4 Å². The summed E-state index contributed by atoms with van der Waals surface area (Å²) >= 11 is 0. The topological polar surface area (TPSA) is 63.9 Å². The molecule has 1 aromatic heterocycles. The van der Waals surface area contributed by atoms with E-state index in [2.05, 4.69) is 5.32 Å². The molecule has 1 N–H and O–H groups in total. The van der Waals surface area contributed by atoms with Crippen LogP contribution >= 0.6 is 12.4 Å². The van der Waals surface area contributed by atoms with E-state index >= 15 is 0 Å². The molecular formula is C19H21ClF4N2O4. The van der Waals surface area contributed by atoms with E-state index < -0.39 is 30.4 Å². The summed E-state index contributed by atoms with van der Waals surface area (Å²) in [4.78, 5) is 14.2. The Kier molecular flexibility index (Phi) is 6.78. The van der Waals surface area contributed by atoms with Crippen molar-refractivity contribution < 1.29 is 36.2 Å². The number of nitrogens with one attached hydrogen (secondary N) is 1. The highest BCUT2D eigenvalue weighted by molar-refractivity contribution is 6.07. The van der Waals surface area contributed by atoms with Gasteiger partial charge < -0.3 is 24.1 Å². The van der Waals surface area contributed by atoms with Gasteiger partial charge in [-0.2, -0.15) is 13.2 Å². The molecule has 2 aliphatic rings. The molecule has 11 heteroatoms.